The van der Waals surface area contributed by atoms with Gasteiger partial charge in [0.1, 0.15) is 4.88 Å². The molecule has 0 atom stereocenters. The molecule has 0 saturated carbocycles. The molecule has 25 heavy (non-hydrogen) atoms. The van der Waals surface area contributed by atoms with Crippen LogP contribution in [0.2, 0.25) is 0 Å². The Balaban J connectivity index is 2.12. The van der Waals surface area contributed by atoms with Crippen LogP contribution in [0.15, 0.2) is 29.8 Å². The maximum atomic E-state index is 12.6. The van der Waals surface area contributed by atoms with Gasteiger partial charge in [-0.3, -0.25) is 9.59 Å². The summed E-state index contributed by atoms with van der Waals surface area (Å²) in [6.07, 6.45) is -4.91. The van der Waals surface area contributed by atoms with Crippen molar-refractivity contribution in [2.45, 2.75) is 26.6 Å². The number of amides is 2. The molecule has 1 aromatic heterocycles. The van der Waals surface area contributed by atoms with Crippen LogP contribution in [0.25, 0.3) is 0 Å². The van der Waals surface area contributed by atoms with Crippen LogP contribution in [-0.2, 0) is 11.3 Å². The van der Waals surface area contributed by atoms with Gasteiger partial charge in [-0.1, -0.05) is 12.1 Å². The van der Waals surface area contributed by atoms with Gasteiger partial charge in [0.25, 0.3) is 5.91 Å². The van der Waals surface area contributed by atoms with E-state index in [2.05, 4.69) is 10.3 Å². The second-order valence-electron chi connectivity index (χ2n) is 5.24. The van der Waals surface area contributed by atoms with E-state index in [4.69, 9.17) is 0 Å². The molecule has 0 saturated heterocycles. The second kappa shape index (κ2) is 7.64. The third-order valence-corrected chi connectivity index (χ3v) is 4.35. The molecule has 1 heterocycles. The molecule has 0 radical (unpaired) electrons. The molecule has 9 heteroatoms. The SMILES string of the molecule is CCN(Cc1cccc(NC(=O)c2scnc2C)c1)C(=O)C(F)(F)F. The number of nitrogens with one attached hydrogen (secondary N) is 1. The minimum atomic E-state index is -4.91. The van der Waals surface area contributed by atoms with Crippen LogP contribution in [0.4, 0.5) is 18.9 Å². The summed E-state index contributed by atoms with van der Waals surface area (Å²) in [7, 11) is 0. The van der Waals surface area contributed by atoms with Gasteiger partial charge >= 0.3 is 12.1 Å². The van der Waals surface area contributed by atoms with Crippen molar-refractivity contribution in [1.29, 1.82) is 0 Å². The number of aryl methyl sites for hydroxylation is 1. The van der Waals surface area contributed by atoms with Crippen molar-refractivity contribution in [2.75, 3.05) is 11.9 Å². The van der Waals surface area contributed by atoms with E-state index in [9.17, 15) is 22.8 Å². The minimum Gasteiger partial charge on any atom is -0.331 e. The van der Waals surface area contributed by atoms with Gasteiger partial charge in [-0.25, -0.2) is 4.98 Å². The highest BCUT2D eigenvalue weighted by molar-refractivity contribution is 7.12. The van der Waals surface area contributed by atoms with Gasteiger partial charge in [-0.15, -0.1) is 11.3 Å². The largest absolute Gasteiger partial charge is 0.471 e. The average molecular weight is 371 g/mol. The lowest BCUT2D eigenvalue weighted by molar-refractivity contribution is -0.185. The quantitative estimate of drug-likeness (QED) is 0.873. The molecule has 1 aromatic carbocycles. The highest BCUT2D eigenvalue weighted by atomic mass is 32.1. The van der Waals surface area contributed by atoms with E-state index in [1.54, 1.807) is 36.7 Å². The summed E-state index contributed by atoms with van der Waals surface area (Å²) >= 11 is 1.20. The number of thiazole rings is 1. The average Bonchev–Trinajstić information content (AvgIpc) is 2.97. The van der Waals surface area contributed by atoms with Crippen LogP contribution < -0.4 is 5.32 Å². The first-order valence-corrected chi connectivity index (χ1v) is 8.26. The predicted octanol–water partition coefficient (Wildman–Crippen LogP) is 3.61. The number of aromatic nitrogens is 1. The second-order valence-corrected chi connectivity index (χ2v) is 6.09. The Labute approximate surface area is 146 Å². The van der Waals surface area contributed by atoms with Crippen LogP contribution in [-0.4, -0.2) is 34.4 Å². The maximum Gasteiger partial charge on any atom is 0.471 e. The van der Waals surface area contributed by atoms with E-state index in [1.807, 2.05) is 0 Å². The summed E-state index contributed by atoms with van der Waals surface area (Å²) in [6, 6.07) is 6.37. The zero-order valence-electron chi connectivity index (χ0n) is 13.6. The van der Waals surface area contributed by atoms with E-state index >= 15 is 0 Å². The number of hydrogen-bond donors (Lipinski definition) is 1. The molecular weight excluding hydrogens is 355 g/mol. The first-order chi connectivity index (χ1) is 11.7. The first kappa shape index (κ1) is 18.9. The summed E-state index contributed by atoms with van der Waals surface area (Å²) in [5, 5.41) is 2.68. The molecule has 0 spiro atoms. The number of benzene rings is 1. The van der Waals surface area contributed by atoms with Crippen molar-refractivity contribution in [3.8, 4) is 0 Å². The summed E-state index contributed by atoms with van der Waals surface area (Å²) in [5.41, 5.74) is 3.08. The number of rotatable bonds is 5. The van der Waals surface area contributed by atoms with E-state index in [-0.39, 0.29) is 19.0 Å². The number of carbonyl (C=O) groups excluding carboxylic acids is 2. The van der Waals surface area contributed by atoms with E-state index in [0.717, 1.165) is 0 Å². The van der Waals surface area contributed by atoms with Crippen LogP contribution in [0.1, 0.15) is 27.9 Å². The molecule has 0 aliphatic carbocycles. The zero-order chi connectivity index (χ0) is 18.6. The summed E-state index contributed by atoms with van der Waals surface area (Å²) in [4.78, 5) is 28.7. The van der Waals surface area contributed by atoms with Gasteiger partial charge in [-0.05, 0) is 31.5 Å². The normalized spacial score (nSPS) is 11.2. The van der Waals surface area contributed by atoms with Crippen molar-refractivity contribution in [3.63, 3.8) is 0 Å². The Morgan fingerprint density at radius 3 is 2.60 bits per heavy atom. The molecule has 2 amide bonds. The molecular formula is C16H16F3N3O2S. The number of nitrogens with zero attached hydrogens (tertiary/aromatic N) is 2. The van der Waals surface area contributed by atoms with E-state index in [0.29, 0.717) is 26.7 Å². The van der Waals surface area contributed by atoms with Crippen LogP contribution >= 0.6 is 11.3 Å². The van der Waals surface area contributed by atoms with Crippen LogP contribution in [0, 0.1) is 6.92 Å². The Kier molecular flexibility index (Phi) is 5.78. The summed E-state index contributed by atoms with van der Waals surface area (Å²) in [6.45, 7) is 2.92. The fraction of sp³-hybridized carbons (Fsp3) is 0.312. The first-order valence-electron chi connectivity index (χ1n) is 7.38. The number of halogens is 3. The Morgan fingerprint density at radius 1 is 1.32 bits per heavy atom. The topological polar surface area (TPSA) is 62.3 Å². The Morgan fingerprint density at radius 2 is 2.04 bits per heavy atom. The number of hydrogen-bond acceptors (Lipinski definition) is 4. The van der Waals surface area contributed by atoms with Crippen molar-refractivity contribution in [2.24, 2.45) is 0 Å². The lowest BCUT2D eigenvalue weighted by Gasteiger charge is -2.22. The maximum absolute atomic E-state index is 12.6. The van der Waals surface area contributed by atoms with Gasteiger partial charge in [0.15, 0.2) is 0 Å². The van der Waals surface area contributed by atoms with E-state index in [1.165, 1.54) is 18.3 Å². The number of alkyl halides is 3. The minimum absolute atomic E-state index is 0.0744. The molecule has 0 bridgehead atoms. The summed E-state index contributed by atoms with van der Waals surface area (Å²) in [5.74, 6) is -2.22. The van der Waals surface area contributed by atoms with Crippen LogP contribution in [0.5, 0.6) is 0 Å². The van der Waals surface area contributed by atoms with Crippen molar-refractivity contribution < 1.29 is 22.8 Å². The lowest BCUT2D eigenvalue weighted by atomic mass is 10.2. The molecule has 1 N–H and O–H groups in total. The standard InChI is InChI=1S/C16H16F3N3O2S/c1-3-22(15(24)16(17,18)19)8-11-5-4-6-12(7-11)21-14(23)13-10(2)20-9-25-13/h4-7,9H,3,8H2,1-2H3,(H,21,23). The molecule has 0 aliphatic rings. The smallest absolute Gasteiger partial charge is 0.331 e. The highest BCUT2D eigenvalue weighted by Crippen LogP contribution is 2.21. The number of anilines is 1. The van der Waals surface area contributed by atoms with Gasteiger partial charge in [0.2, 0.25) is 0 Å². The van der Waals surface area contributed by atoms with Gasteiger partial charge in [0.05, 0.1) is 11.2 Å². The Hall–Kier alpha value is -2.42. The zero-order valence-corrected chi connectivity index (χ0v) is 14.4. The molecule has 0 aliphatic heterocycles. The summed E-state index contributed by atoms with van der Waals surface area (Å²) < 4.78 is 37.7. The fourth-order valence-corrected chi connectivity index (χ4v) is 2.88. The molecule has 2 rings (SSSR count). The van der Waals surface area contributed by atoms with Crippen molar-refractivity contribution in [3.05, 3.63) is 45.9 Å². The van der Waals surface area contributed by atoms with Crippen molar-refractivity contribution in [1.82, 2.24) is 9.88 Å². The number of carbonyl (C=O) groups is 2. The highest BCUT2D eigenvalue weighted by Gasteiger charge is 2.41. The molecule has 134 valence electrons. The molecule has 0 unspecified atom stereocenters. The van der Waals surface area contributed by atoms with Gasteiger partial charge in [0, 0.05) is 18.8 Å². The van der Waals surface area contributed by atoms with Gasteiger partial charge < -0.3 is 10.2 Å². The van der Waals surface area contributed by atoms with E-state index < -0.39 is 12.1 Å². The van der Waals surface area contributed by atoms with Gasteiger partial charge in [-0.2, -0.15) is 13.2 Å². The fourth-order valence-electron chi connectivity index (χ4n) is 2.18. The van der Waals surface area contributed by atoms with Crippen molar-refractivity contribution >= 4 is 28.8 Å². The molecule has 5 nitrogen and oxygen atoms in total. The monoisotopic (exact) mass is 371 g/mol. The lowest BCUT2D eigenvalue weighted by Crippen LogP contribution is -2.40. The van der Waals surface area contributed by atoms with Crippen LogP contribution in [0.3, 0.4) is 0 Å². The predicted molar refractivity (Wildman–Crippen MR) is 88.4 cm³/mol. The third-order valence-electron chi connectivity index (χ3n) is 3.42. The molecule has 2 aromatic rings. The molecule has 0 fully saturated rings. The third kappa shape index (κ3) is 4.79. The Bertz CT molecular complexity index is 774.